The maximum absolute atomic E-state index is 12.3. The summed E-state index contributed by atoms with van der Waals surface area (Å²) in [5.74, 6) is 1.09. The lowest BCUT2D eigenvalue weighted by atomic mass is 10.1. The number of methoxy groups -OCH3 is 1. The average Bonchev–Trinajstić information content (AvgIpc) is 3.12. The number of hydrogen-bond acceptors (Lipinski definition) is 5. The molecule has 2 N–H and O–H groups in total. The standard InChI is InChI=1S/C18H18N2O4/c1-3-23-18(21)15-11-19-16-7-6-12(22-2)9-14(16)17(15)20-10-13-5-4-8-24-13/h4-9,11H,3,10H2,1-2H3,(H,19,20)/p+1. The van der Waals surface area contributed by atoms with Gasteiger partial charge in [-0.25, -0.2) is 9.78 Å². The first-order chi connectivity index (χ1) is 11.7. The van der Waals surface area contributed by atoms with Gasteiger partial charge in [0.15, 0.2) is 6.20 Å². The van der Waals surface area contributed by atoms with Crippen LogP contribution < -0.4 is 15.0 Å². The van der Waals surface area contributed by atoms with Crippen molar-refractivity contribution in [3.05, 3.63) is 54.1 Å². The first-order valence-corrected chi connectivity index (χ1v) is 7.68. The number of carbonyl (C=O) groups excluding carboxylic acids is 1. The number of hydrogen-bond donors (Lipinski definition) is 1. The third kappa shape index (κ3) is 3.17. The molecule has 1 aromatic carbocycles. The van der Waals surface area contributed by atoms with E-state index in [4.69, 9.17) is 13.9 Å². The number of rotatable bonds is 6. The quantitative estimate of drug-likeness (QED) is 0.704. The Bertz CT molecular complexity index is 844. The molecule has 0 aliphatic carbocycles. The number of furan rings is 1. The zero-order valence-electron chi connectivity index (χ0n) is 13.6. The number of pyridine rings is 1. The summed E-state index contributed by atoms with van der Waals surface area (Å²) < 4.78 is 15.8. The maximum Gasteiger partial charge on any atom is 0.346 e. The zero-order valence-corrected chi connectivity index (χ0v) is 13.6. The molecule has 2 heterocycles. The minimum Gasteiger partial charge on any atom is -0.497 e. The van der Waals surface area contributed by atoms with Gasteiger partial charge in [-0.3, -0.25) is 0 Å². The van der Waals surface area contributed by atoms with E-state index in [2.05, 4.69) is 10.3 Å². The number of aromatic amines is 1. The first kappa shape index (κ1) is 15.9. The lowest BCUT2D eigenvalue weighted by Crippen LogP contribution is -2.16. The second-order valence-electron chi connectivity index (χ2n) is 5.14. The van der Waals surface area contributed by atoms with Crippen LogP contribution in [0.25, 0.3) is 10.9 Å². The van der Waals surface area contributed by atoms with Gasteiger partial charge in [0.25, 0.3) is 0 Å². The van der Waals surface area contributed by atoms with Crippen molar-refractivity contribution in [1.82, 2.24) is 0 Å². The van der Waals surface area contributed by atoms with E-state index in [-0.39, 0.29) is 5.97 Å². The van der Waals surface area contributed by atoms with Crippen LogP contribution in [-0.4, -0.2) is 19.7 Å². The molecule has 3 rings (SSSR count). The van der Waals surface area contributed by atoms with Gasteiger partial charge < -0.3 is 19.2 Å². The van der Waals surface area contributed by atoms with Crippen molar-refractivity contribution in [2.24, 2.45) is 0 Å². The molecule has 0 aliphatic heterocycles. The van der Waals surface area contributed by atoms with E-state index in [0.717, 1.165) is 16.7 Å². The highest BCUT2D eigenvalue weighted by Gasteiger charge is 2.20. The van der Waals surface area contributed by atoms with Gasteiger partial charge in [-0.15, -0.1) is 0 Å². The predicted octanol–water partition coefficient (Wildman–Crippen LogP) is 3.04. The molecule has 124 valence electrons. The molecule has 6 heteroatoms. The van der Waals surface area contributed by atoms with Crippen molar-refractivity contribution in [3.63, 3.8) is 0 Å². The monoisotopic (exact) mass is 327 g/mol. The molecule has 0 unspecified atom stereocenters. The number of benzene rings is 1. The van der Waals surface area contributed by atoms with E-state index in [0.29, 0.717) is 30.2 Å². The Kier molecular flexibility index (Phi) is 4.65. The van der Waals surface area contributed by atoms with Crippen LogP contribution in [-0.2, 0) is 11.3 Å². The molecule has 0 fully saturated rings. The van der Waals surface area contributed by atoms with Crippen LogP contribution in [0.3, 0.4) is 0 Å². The molecule has 0 saturated carbocycles. The van der Waals surface area contributed by atoms with Crippen LogP contribution in [0.5, 0.6) is 5.75 Å². The lowest BCUT2D eigenvalue weighted by Gasteiger charge is -2.11. The van der Waals surface area contributed by atoms with Gasteiger partial charge in [0.2, 0.25) is 5.52 Å². The van der Waals surface area contributed by atoms with Crippen molar-refractivity contribution in [2.45, 2.75) is 13.5 Å². The molecule has 6 nitrogen and oxygen atoms in total. The van der Waals surface area contributed by atoms with Crippen LogP contribution in [0, 0.1) is 0 Å². The van der Waals surface area contributed by atoms with Gasteiger partial charge in [-0.2, -0.15) is 0 Å². The molecule has 2 aromatic heterocycles. The van der Waals surface area contributed by atoms with E-state index in [9.17, 15) is 4.79 Å². The van der Waals surface area contributed by atoms with Gasteiger partial charge >= 0.3 is 5.97 Å². The summed E-state index contributed by atoms with van der Waals surface area (Å²) in [4.78, 5) is 15.4. The van der Waals surface area contributed by atoms with Crippen molar-refractivity contribution in [2.75, 3.05) is 19.0 Å². The van der Waals surface area contributed by atoms with Gasteiger partial charge in [-0.05, 0) is 31.2 Å². The molecule has 0 radical (unpaired) electrons. The van der Waals surface area contributed by atoms with E-state index in [1.165, 1.54) is 0 Å². The van der Waals surface area contributed by atoms with Crippen LogP contribution in [0.2, 0.25) is 0 Å². The summed E-state index contributed by atoms with van der Waals surface area (Å²) in [5.41, 5.74) is 1.99. The number of esters is 1. The fraction of sp³-hybridized carbons (Fsp3) is 0.222. The summed E-state index contributed by atoms with van der Waals surface area (Å²) in [6.07, 6.45) is 3.26. The maximum atomic E-state index is 12.3. The molecule has 0 saturated heterocycles. The Hall–Kier alpha value is -3.02. The summed E-state index contributed by atoms with van der Waals surface area (Å²) in [6.45, 7) is 2.55. The zero-order chi connectivity index (χ0) is 16.9. The molecule has 0 bridgehead atoms. The van der Waals surface area contributed by atoms with Gasteiger partial charge in [0.05, 0.1) is 37.6 Å². The second-order valence-corrected chi connectivity index (χ2v) is 5.14. The number of nitrogens with one attached hydrogen (secondary N) is 2. The highest BCUT2D eigenvalue weighted by Crippen LogP contribution is 2.28. The second kappa shape index (κ2) is 7.04. The van der Waals surface area contributed by atoms with Crippen molar-refractivity contribution in [3.8, 4) is 5.75 Å². The molecular formula is C18H19N2O4+. The molecule has 0 atom stereocenters. The van der Waals surface area contributed by atoms with Gasteiger partial charge in [-0.1, -0.05) is 0 Å². The Morgan fingerprint density at radius 3 is 2.92 bits per heavy atom. The van der Waals surface area contributed by atoms with Gasteiger partial charge in [0, 0.05) is 6.07 Å². The number of H-pyrrole nitrogens is 1. The minimum atomic E-state index is -0.389. The Labute approximate surface area is 139 Å². The number of fused-ring (bicyclic) bond motifs is 1. The SMILES string of the molecule is CCOC(=O)c1c[nH+]c2ccc(OC)cc2c1NCc1ccco1. The van der Waals surface area contributed by atoms with Crippen molar-refractivity contribution >= 4 is 22.6 Å². The number of aromatic nitrogens is 1. The smallest absolute Gasteiger partial charge is 0.346 e. The van der Waals surface area contributed by atoms with Crippen LogP contribution in [0.1, 0.15) is 23.0 Å². The minimum absolute atomic E-state index is 0.312. The largest absolute Gasteiger partial charge is 0.497 e. The van der Waals surface area contributed by atoms with E-state index >= 15 is 0 Å². The first-order valence-electron chi connectivity index (χ1n) is 7.68. The van der Waals surface area contributed by atoms with E-state index in [1.54, 1.807) is 26.5 Å². The molecule has 24 heavy (non-hydrogen) atoms. The van der Waals surface area contributed by atoms with E-state index in [1.807, 2.05) is 30.3 Å². The third-order valence-corrected chi connectivity index (χ3v) is 3.65. The molecule has 0 aliphatic rings. The molecule has 3 aromatic rings. The molecule has 0 spiro atoms. The fourth-order valence-corrected chi connectivity index (χ4v) is 2.50. The summed E-state index contributed by atoms with van der Waals surface area (Å²) in [6, 6.07) is 9.33. The highest BCUT2D eigenvalue weighted by atomic mass is 16.5. The average molecular weight is 327 g/mol. The number of anilines is 1. The third-order valence-electron chi connectivity index (χ3n) is 3.65. The highest BCUT2D eigenvalue weighted by molar-refractivity contribution is 6.04. The van der Waals surface area contributed by atoms with Crippen LogP contribution in [0.15, 0.2) is 47.2 Å². The van der Waals surface area contributed by atoms with Gasteiger partial charge in [0.1, 0.15) is 17.1 Å². The fourth-order valence-electron chi connectivity index (χ4n) is 2.50. The van der Waals surface area contributed by atoms with Crippen LogP contribution in [0.4, 0.5) is 5.69 Å². The van der Waals surface area contributed by atoms with Crippen molar-refractivity contribution in [1.29, 1.82) is 0 Å². The Morgan fingerprint density at radius 1 is 1.33 bits per heavy atom. The summed E-state index contributed by atoms with van der Waals surface area (Å²) in [7, 11) is 1.61. The Morgan fingerprint density at radius 2 is 2.21 bits per heavy atom. The lowest BCUT2D eigenvalue weighted by molar-refractivity contribution is -0.344. The predicted molar refractivity (Wildman–Crippen MR) is 89.0 cm³/mol. The Balaban J connectivity index is 2.07. The molecule has 0 amide bonds. The number of ether oxygens (including phenoxy) is 2. The van der Waals surface area contributed by atoms with E-state index < -0.39 is 0 Å². The van der Waals surface area contributed by atoms with Crippen LogP contribution >= 0.6 is 0 Å². The summed E-state index contributed by atoms with van der Waals surface area (Å²) in [5, 5.41) is 4.12. The van der Waals surface area contributed by atoms with Crippen molar-refractivity contribution < 1.29 is 23.7 Å². The normalized spacial score (nSPS) is 10.6. The summed E-state index contributed by atoms with van der Waals surface area (Å²) >= 11 is 0. The number of carbonyl (C=O) groups is 1. The molecular weight excluding hydrogens is 308 g/mol. The topological polar surface area (TPSA) is 74.8 Å².